The third kappa shape index (κ3) is 3.66. The van der Waals surface area contributed by atoms with Gasteiger partial charge in [-0.25, -0.2) is 4.39 Å². The van der Waals surface area contributed by atoms with Gasteiger partial charge >= 0.3 is 0 Å². The lowest BCUT2D eigenvalue weighted by molar-refractivity contribution is 0.585. The maximum Gasteiger partial charge on any atom is 0.137 e. The van der Waals surface area contributed by atoms with Crippen molar-refractivity contribution in [1.29, 1.82) is 0 Å². The van der Waals surface area contributed by atoms with Crippen LogP contribution in [0.5, 0.6) is 0 Å². The molecule has 1 aromatic heterocycles. The van der Waals surface area contributed by atoms with Gasteiger partial charge in [-0.2, -0.15) is 0 Å². The molecule has 19 heavy (non-hydrogen) atoms. The number of hydrogen-bond acceptors (Lipinski definition) is 2. The third-order valence-electron chi connectivity index (χ3n) is 2.77. The number of benzene rings is 1. The molecule has 102 valence electrons. The van der Waals surface area contributed by atoms with Gasteiger partial charge < -0.3 is 5.32 Å². The van der Waals surface area contributed by atoms with Crippen LogP contribution in [0, 0.1) is 5.82 Å². The van der Waals surface area contributed by atoms with Gasteiger partial charge in [0.25, 0.3) is 0 Å². The van der Waals surface area contributed by atoms with Crippen LogP contribution in [0.2, 0.25) is 0 Å². The summed E-state index contributed by atoms with van der Waals surface area (Å²) in [5.74, 6) is -0.226. The van der Waals surface area contributed by atoms with Gasteiger partial charge in [0.2, 0.25) is 0 Å². The first-order valence-corrected chi connectivity index (χ1v) is 8.46. The molecule has 0 fully saturated rings. The van der Waals surface area contributed by atoms with Crippen molar-refractivity contribution in [3.63, 3.8) is 0 Å². The molecule has 0 saturated carbocycles. The van der Waals surface area contributed by atoms with Crippen LogP contribution in [0.25, 0.3) is 0 Å². The van der Waals surface area contributed by atoms with Crippen LogP contribution in [-0.2, 0) is 0 Å². The van der Waals surface area contributed by atoms with Crippen LogP contribution in [0.15, 0.2) is 38.6 Å². The summed E-state index contributed by atoms with van der Waals surface area (Å²) in [4.78, 5) is 1.17. The average Bonchev–Trinajstić information content (AvgIpc) is 2.81. The van der Waals surface area contributed by atoms with Crippen LogP contribution < -0.4 is 5.32 Å². The maximum atomic E-state index is 13.7. The SMILES string of the molecule is CCCNC(c1ccc(Br)s1)c1cccc(F)c1Br. The largest absolute Gasteiger partial charge is 0.306 e. The molecule has 1 atom stereocenters. The third-order valence-corrected chi connectivity index (χ3v) is 5.29. The van der Waals surface area contributed by atoms with Crippen molar-refractivity contribution >= 4 is 43.2 Å². The summed E-state index contributed by atoms with van der Waals surface area (Å²) in [6.45, 7) is 3.01. The molecule has 0 aliphatic carbocycles. The highest BCUT2D eigenvalue weighted by Crippen LogP contribution is 2.35. The van der Waals surface area contributed by atoms with E-state index in [0.29, 0.717) is 4.47 Å². The summed E-state index contributed by atoms with van der Waals surface area (Å²) in [6.07, 6.45) is 1.04. The Kier molecular flexibility index (Phi) is 5.57. The minimum absolute atomic E-state index is 0.0151. The fourth-order valence-electron chi connectivity index (χ4n) is 1.88. The van der Waals surface area contributed by atoms with Crippen molar-refractivity contribution in [3.8, 4) is 0 Å². The minimum Gasteiger partial charge on any atom is -0.306 e. The Morgan fingerprint density at radius 1 is 1.26 bits per heavy atom. The van der Waals surface area contributed by atoms with Crippen molar-refractivity contribution in [1.82, 2.24) is 5.32 Å². The number of halogens is 3. The van der Waals surface area contributed by atoms with Gasteiger partial charge in [-0.15, -0.1) is 11.3 Å². The van der Waals surface area contributed by atoms with E-state index in [-0.39, 0.29) is 11.9 Å². The number of hydrogen-bond donors (Lipinski definition) is 1. The minimum atomic E-state index is -0.226. The summed E-state index contributed by atoms with van der Waals surface area (Å²) >= 11 is 8.50. The zero-order valence-corrected chi connectivity index (χ0v) is 14.4. The van der Waals surface area contributed by atoms with Crippen molar-refractivity contribution < 1.29 is 4.39 Å². The highest BCUT2D eigenvalue weighted by molar-refractivity contribution is 9.11. The standard InChI is InChI=1S/C14H14Br2FNS/c1-2-8-18-14(11-6-7-12(15)19-11)9-4-3-5-10(17)13(9)16/h3-7,14,18H,2,8H2,1H3. The molecule has 0 saturated heterocycles. The van der Waals surface area contributed by atoms with Gasteiger partial charge in [0, 0.05) is 4.88 Å². The van der Waals surface area contributed by atoms with Gasteiger partial charge in [0.15, 0.2) is 0 Å². The van der Waals surface area contributed by atoms with E-state index < -0.39 is 0 Å². The highest BCUT2D eigenvalue weighted by atomic mass is 79.9. The molecule has 1 heterocycles. The Morgan fingerprint density at radius 2 is 2.05 bits per heavy atom. The number of nitrogens with one attached hydrogen (secondary N) is 1. The van der Waals surface area contributed by atoms with Gasteiger partial charge in [-0.1, -0.05) is 19.1 Å². The molecule has 1 nitrogen and oxygen atoms in total. The van der Waals surface area contributed by atoms with E-state index in [0.717, 1.165) is 22.3 Å². The van der Waals surface area contributed by atoms with E-state index in [1.165, 1.54) is 10.9 Å². The van der Waals surface area contributed by atoms with Crippen molar-refractivity contribution in [2.75, 3.05) is 6.54 Å². The quantitative estimate of drug-likeness (QED) is 0.690. The molecule has 5 heteroatoms. The molecule has 2 aromatic rings. The monoisotopic (exact) mass is 405 g/mol. The molecule has 1 unspecified atom stereocenters. The molecular formula is C14H14Br2FNS. The topological polar surface area (TPSA) is 12.0 Å². The zero-order valence-electron chi connectivity index (χ0n) is 10.4. The number of rotatable bonds is 5. The predicted molar refractivity (Wildman–Crippen MR) is 86.3 cm³/mol. The summed E-state index contributed by atoms with van der Waals surface area (Å²) in [7, 11) is 0. The van der Waals surface area contributed by atoms with Crippen LogP contribution in [0.3, 0.4) is 0 Å². The molecule has 0 aliphatic rings. The summed E-state index contributed by atoms with van der Waals surface area (Å²) in [6, 6.07) is 9.27. The van der Waals surface area contributed by atoms with Crippen LogP contribution in [0.1, 0.15) is 29.8 Å². The second kappa shape index (κ2) is 6.97. The van der Waals surface area contributed by atoms with Gasteiger partial charge in [0.05, 0.1) is 14.3 Å². The van der Waals surface area contributed by atoms with Crippen molar-refractivity contribution in [2.45, 2.75) is 19.4 Å². The predicted octanol–water partition coefficient (Wildman–Crippen LogP) is 5.50. The summed E-state index contributed by atoms with van der Waals surface area (Å²) in [5, 5.41) is 3.48. The molecule has 1 N–H and O–H groups in total. The second-order valence-corrected chi connectivity index (χ2v) is 7.46. The summed E-state index contributed by atoms with van der Waals surface area (Å²) < 4.78 is 15.3. The Morgan fingerprint density at radius 3 is 2.68 bits per heavy atom. The van der Waals surface area contributed by atoms with E-state index in [1.54, 1.807) is 17.4 Å². The lowest BCUT2D eigenvalue weighted by atomic mass is 10.1. The zero-order chi connectivity index (χ0) is 13.8. The van der Waals surface area contributed by atoms with Crippen molar-refractivity contribution in [3.05, 3.63) is 54.8 Å². The van der Waals surface area contributed by atoms with Gasteiger partial charge in [0.1, 0.15) is 5.82 Å². The van der Waals surface area contributed by atoms with E-state index in [9.17, 15) is 4.39 Å². The Bertz CT molecular complexity index is 556. The molecular weight excluding hydrogens is 393 g/mol. The average molecular weight is 407 g/mol. The first-order valence-electron chi connectivity index (χ1n) is 6.06. The smallest absolute Gasteiger partial charge is 0.137 e. The lowest BCUT2D eigenvalue weighted by Gasteiger charge is -2.19. The van der Waals surface area contributed by atoms with E-state index >= 15 is 0 Å². The van der Waals surface area contributed by atoms with Crippen molar-refractivity contribution in [2.24, 2.45) is 0 Å². The fraction of sp³-hybridized carbons (Fsp3) is 0.286. The molecule has 0 aliphatic heterocycles. The van der Waals surface area contributed by atoms with E-state index in [1.807, 2.05) is 12.1 Å². The fourth-order valence-corrected chi connectivity index (χ4v) is 3.89. The maximum absolute atomic E-state index is 13.7. The molecule has 0 bridgehead atoms. The molecule has 1 aromatic carbocycles. The second-order valence-electron chi connectivity index (χ2n) is 4.17. The Hall–Kier alpha value is -0.230. The normalized spacial score (nSPS) is 12.6. The van der Waals surface area contributed by atoms with Gasteiger partial charge in [-0.05, 0) is 68.6 Å². The van der Waals surface area contributed by atoms with Crippen LogP contribution >= 0.6 is 43.2 Å². The molecule has 2 rings (SSSR count). The molecule has 0 spiro atoms. The molecule has 0 amide bonds. The van der Waals surface area contributed by atoms with Crippen LogP contribution in [-0.4, -0.2) is 6.54 Å². The Balaban J connectivity index is 2.39. The number of thiophene rings is 1. The first kappa shape index (κ1) is 15.2. The molecule has 0 radical (unpaired) electrons. The Labute approximate surface area is 133 Å². The lowest BCUT2D eigenvalue weighted by Crippen LogP contribution is -2.23. The van der Waals surface area contributed by atoms with E-state index in [2.05, 4.69) is 50.2 Å². The summed E-state index contributed by atoms with van der Waals surface area (Å²) in [5.41, 5.74) is 0.933. The highest BCUT2D eigenvalue weighted by Gasteiger charge is 2.19. The van der Waals surface area contributed by atoms with Gasteiger partial charge in [-0.3, -0.25) is 0 Å². The van der Waals surface area contributed by atoms with E-state index in [4.69, 9.17) is 0 Å². The van der Waals surface area contributed by atoms with Crippen LogP contribution in [0.4, 0.5) is 4.39 Å². The first-order chi connectivity index (χ1) is 9.13.